The van der Waals surface area contributed by atoms with Gasteiger partial charge in [-0.15, -0.1) is 11.3 Å². The van der Waals surface area contributed by atoms with E-state index in [4.69, 9.17) is 39.5 Å². The van der Waals surface area contributed by atoms with Crippen LogP contribution >= 0.6 is 46.1 Å². The van der Waals surface area contributed by atoms with Crippen molar-refractivity contribution < 1.29 is 4.74 Å². The van der Waals surface area contributed by atoms with E-state index >= 15 is 0 Å². The van der Waals surface area contributed by atoms with E-state index in [2.05, 4.69) is 5.38 Å². The first-order chi connectivity index (χ1) is 6.54. The standard InChI is InChI=1S/C9H4Cl3OS/c10-9(11,12)13-7-2-1-6-3-4-14-8(6)5-7/h1-3,5H. The van der Waals surface area contributed by atoms with Crippen LogP contribution in [0.3, 0.4) is 0 Å². The summed E-state index contributed by atoms with van der Waals surface area (Å²) in [4.78, 5) is 0. The van der Waals surface area contributed by atoms with Gasteiger partial charge in [-0.2, -0.15) is 0 Å². The third-order valence-corrected chi connectivity index (χ3v) is 2.64. The Bertz CT molecular complexity index is 446. The van der Waals surface area contributed by atoms with E-state index in [-0.39, 0.29) is 0 Å². The minimum atomic E-state index is -1.71. The molecule has 14 heavy (non-hydrogen) atoms. The molecule has 0 aliphatic carbocycles. The molecule has 0 aliphatic heterocycles. The minimum absolute atomic E-state index is 0.536. The third kappa shape index (κ3) is 2.45. The van der Waals surface area contributed by atoms with Crippen molar-refractivity contribution in [3.8, 4) is 5.75 Å². The quantitative estimate of drug-likeness (QED) is 0.695. The molecule has 1 heterocycles. The highest BCUT2D eigenvalue weighted by Crippen LogP contribution is 2.32. The van der Waals surface area contributed by atoms with Gasteiger partial charge < -0.3 is 4.74 Å². The summed E-state index contributed by atoms with van der Waals surface area (Å²) in [6, 6.07) is 7.37. The van der Waals surface area contributed by atoms with Crippen LogP contribution in [0.2, 0.25) is 0 Å². The summed E-state index contributed by atoms with van der Waals surface area (Å²) >= 11 is 18.0. The van der Waals surface area contributed by atoms with Crippen LogP contribution in [-0.4, -0.2) is 3.98 Å². The van der Waals surface area contributed by atoms with E-state index in [1.807, 2.05) is 18.2 Å². The van der Waals surface area contributed by atoms with Gasteiger partial charge >= 0.3 is 3.98 Å². The van der Waals surface area contributed by atoms with Crippen LogP contribution in [0.25, 0.3) is 10.1 Å². The van der Waals surface area contributed by atoms with Crippen LogP contribution in [0.4, 0.5) is 0 Å². The molecule has 0 atom stereocenters. The molecule has 2 aromatic rings. The number of thiophene rings is 1. The summed E-state index contributed by atoms with van der Waals surface area (Å²) in [6.07, 6.45) is 0. The molecule has 0 spiro atoms. The second-order valence-corrected chi connectivity index (χ2v) is 5.67. The highest BCUT2D eigenvalue weighted by atomic mass is 35.6. The summed E-state index contributed by atoms with van der Waals surface area (Å²) in [5, 5.41) is 4.12. The van der Waals surface area contributed by atoms with Crippen LogP contribution < -0.4 is 4.74 Å². The Kier molecular flexibility index (Phi) is 2.80. The van der Waals surface area contributed by atoms with E-state index in [0.717, 1.165) is 10.1 Å². The zero-order chi connectivity index (χ0) is 10.2. The number of halogens is 3. The molecular weight excluding hydrogens is 263 g/mol. The van der Waals surface area contributed by atoms with Gasteiger partial charge in [0.1, 0.15) is 5.75 Å². The van der Waals surface area contributed by atoms with Crippen molar-refractivity contribution in [2.24, 2.45) is 0 Å². The molecule has 1 radical (unpaired) electrons. The maximum atomic E-state index is 5.50. The molecule has 1 nitrogen and oxygen atoms in total. The van der Waals surface area contributed by atoms with E-state index in [0.29, 0.717) is 5.75 Å². The van der Waals surface area contributed by atoms with Gasteiger partial charge in [-0.25, -0.2) is 0 Å². The van der Waals surface area contributed by atoms with Crippen LogP contribution in [0.1, 0.15) is 0 Å². The van der Waals surface area contributed by atoms with Crippen LogP contribution in [0.15, 0.2) is 24.3 Å². The molecule has 1 aromatic heterocycles. The Labute approximate surface area is 100 Å². The molecule has 0 saturated heterocycles. The highest BCUT2D eigenvalue weighted by Gasteiger charge is 2.21. The van der Waals surface area contributed by atoms with Crippen molar-refractivity contribution in [3.05, 3.63) is 29.6 Å². The Morgan fingerprint density at radius 3 is 2.79 bits per heavy atom. The largest absolute Gasteiger partial charge is 0.446 e. The molecule has 0 amide bonds. The lowest BCUT2D eigenvalue weighted by molar-refractivity contribution is 0.321. The van der Waals surface area contributed by atoms with Crippen LogP contribution in [-0.2, 0) is 0 Å². The molecule has 5 heteroatoms. The number of hydrogen-bond acceptors (Lipinski definition) is 2. The number of fused-ring (bicyclic) bond motifs is 1. The smallest absolute Gasteiger partial charge is 0.338 e. The van der Waals surface area contributed by atoms with Crippen molar-refractivity contribution in [1.82, 2.24) is 0 Å². The van der Waals surface area contributed by atoms with Crippen molar-refractivity contribution in [1.29, 1.82) is 0 Å². The summed E-state index contributed by atoms with van der Waals surface area (Å²) < 4.78 is 4.41. The molecule has 1 aromatic carbocycles. The second-order valence-electron chi connectivity index (χ2n) is 2.61. The monoisotopic (exact) mass is 265 g/mol. The number of alkyl halides is 3. The van der Waals surface area contributed by atoms with Crippen molar-refractivity contribution in [2.45, 2.75) is 3.98 Å². The Balaban J connectivity index is 2.35. The SMILES string of the molecule is ClC(Cl)(Cl)Oc1ccc2c[c]sc2c1. The maximum Gasteiger partial charge on any atom is 0.338 e. The first-order valence-corrected chi connectivity index (χ1v) is 5.65. The normalized spacial score (nSPS) is 11.9. The van der Waals surface area contributed by atoms with E-state index in [9.17, 15) is 0 Å². The van der Waals surface area contributed by atoms with Gasteiger partial charge in [0.2, 0.25) is 0 Å². The van der Waals surface area contributed by atoms with Gasteiger partial charge in [0.15, 0.2) is 0 Å². The van der Waals surface area contributed by atoms with E-state index in [1.54, 1.807) is 6.07 Å². The maximum absolute atomic E-state index is 5.50. The van der Waals surface area contributed by atoms with Gasteiger partial charge in [0.25, 0.3) is 0 Å². The molecule has 0 N–H and O–H groups in total. The zero-order valence-corrected chi connectivity index (χ0v) is 9.84. The first-order valence-electron chi connectivity index (χ1n) is 3.70. The van der Waals surface area contributed by atoms with Gasteiger partial charge in [-0.1, -0.05) is 0 Å². The molecule has 0 aliphatic rings. The predicted molar refractivity (Wildman–Crippen MR) is 61.6 cm³/mol. The average Bonchev–Trinajstić information content (AvgIpc) is 2.47. The fraction of sp³-hybridized carbons (Fsp3) is 0.111. The second kappa shape index (κ2) is 3.78. The topological polar surface area (TPSA) is 9.23 Å². The Morgan fingerprint density at radius 1 is 1.29 bits per heavy atom. The Morgan fingerprint density at radius 2 is 2.07 bits per heavy atom. The van der Waals surface area contributed by atoms with Crippen molar-refractivity contribution in [3.63, 3.8) is 0 Å². The van der Waals surface area contributed by atoms with E-state index < -0.39 is 3.98 Å². The molecule has 0 saturated carbocycles. The number of ether oxygens (including phenoxy) is 1. The lowest BCUT2D eigenvalue weighted by atomic mass is 10.2. The van der Waals surface area contributed by atoms with Crippen LogP contribution in [0, 0.1) is 5.38 Å². The molecule has 2 rings (SSSR count). The van der Waals surface area contributed by atoms with E-state index in [1.165, 1.54) is 11.3 Å². The van der Waals surface area contributed by atoms with Crippen LogP contribution in [0.5, 0.6) is 5.75 Å². The Hall–Kier alpha value is -0.150. The molecule has 0 fully saturated rings. The summed E-state index contributed by atoms with van der Waals surface area (Å²) in [7, 11) is 0. The lowest BCUT2D eigenvalue weighted by Gasteiger charge is -2.13. The van der Waals surface area contributed by atoms with Crippen molar-refractivity contribution in [2.75, 3.05) is 0 Å². The van der Waals surface area contributed by atoms with Gasteiger partial charge in [0.05, 0.1) is 0 Å². The molecule has 0 unspecified atom stereocenters. The van der Waals surface area contributed by atoms with Crippen molar-refractivity contribution >= 4 is 56.2 Å². The predicted octanol–water partition coefficient (Wildman–Crippen LogP) is 4.41. The number of hydrogen-bond donors (Lipinski definition) is 0. The fourth-order valence-electron chi connectivity index (χ4n) is 1.08. The average molecular weight is 267 g/mol. The first kappa shape index (κ1) is 10.4. The fourth-order valence-corrected chi connectivity index (χ4v) is 2.08. The van der Waals surface area contributed by atoms with Gasteiger partial charge in [0, 0.05) is 10.1 Å². The highest BCUT2D eigenvalue weighted by molar-refractivity contribution is 7.16. The minimum Gasteiger partial charge on any atom is -0.446 e. The number of benzene rings is 1. The van der Waals surface area contributed by atoms with Gasteiger partial charge in [-0.3, -0.25) is 0 Å². The summed E-state index contributed by atoms with van der Waals surface area (Å²) in [5.74, 6) is 0.536. The molecule has 0 bridgehead atoms. The lowest BCUT2D eigenvalue weighted by Crippen LogP contribution is -2.12. The number of rotatable bonds is 1. The summed E-state index contributed by atoms with van der Waals surface area (Å²) in [5.41, 5.74) is 0. The summed E-state index contributed by atoms with van der Waals surface area (Å²) in [6.45, 7) is 0. The zero-order valence-electron chi connectivity index (χ0n) is 6.76. The molecule has 73 valence electrons. The van der Waals surface area contributed by atoms with Gasteiger partial charge in [-0.05, 0) is 64.5 Å². The third-order valence-electron chi connectivity index (χ3n) is 1.60. The molecular formula is C9H4Cl3OS.